The average molecular weight is 289 g/mol. The Morgan fingerprint density at radius 3 is 2.95 bits per heavy atom. The third-order valence-electron chi connectivity index (χ3n) is 3.51. The van der Waals surface area contributed by atoms with Gasteiger partial charge >= 0.3 is 0 Å². The Morgan fingerprint density at radius 2 is 2.10 bits per heavy atom. The number of nitrogen functional groups attached to an aromatic ring is 1. The van der Waals surface area contributed by atoms with E-state index in [-0.39, 0.29) is 11.5 Å². The number of anilines is 1. The first-order valence-electron chi connectivity index (χ1n) is 6.63. The van der Waals surface area contributed by atoms with Gasteiger partial charge in [-0.3, -0.25) is 0 Å². The predicted molar refractivity (Wildman–Crippen MR) is 80.8 cm³/mol. The van der Waals surface area contributed by atoms with E-state index in [9.17, 15) is 4.39 Å². The second kappa shape index (κ2) is 5.75. The van der Waals surface area contributed by atoms with Crippen LogP contribution in [0.4, 0.5) is 10.1 Å². The van der Waals surface area contributed by atoms with E-state index in [4.69, 9.17) is 10.5 Å². The molecule has 0 amide bonds. The van der Waals surface area contributed by atoms with Crippen LogP contribution in [0.3, 0.4) is 0 Å². The van der Waals surface area contributed by atoms with Crippen molar-refractivity contribution in [2.45, 2.75) is 17.2 Å². The van der Waals surface area contributed by atoms with E-state index in [0.717, 1.165) is 29.4 Å². The maximum atomic E-state index is 13.4. The molecular weight excluding hydrogens is 273 g/mol. The summed E-state index contributed by atoms with van der Waals surface area (Å²) in [5.74, 6) is 2.00. The molecule has 0 fully saturated rings. The van der Waals surface area contributed by atoms with Crippen LogP contribution in [0.2, 0.25) is 0 Å². The lowest BCUT2D eigenvalue weighted by molar-refractivity contribution is 0.273. The molecule has 2 aromatic rings. The number of halogens is 1. The lowest BCUT2D eigenvalue weighted by Gasteiger charge is -2.25. The van der Waals surface area contributed by atoms with Gasteiger partial charge in [-0.15, -0.1) is 11.8 Å². The van der Waals surface area contributed by atoms with Crippen LogP contribution in [-0.2, 0) is 0 Å². The van der Waals surface area contributed by atoms with Gasteiger partial charge in [0.1, 0.15) is 11.6 Å². The molecule has 0 saturated carbocycles. The topological polar surface area (TPSA) is 35.2 Å². The Kier molecular flexibility index (Phi) is 3.83. The molecule has 0 saturated heterocycles. The third-order valence-corrected chi connectivity index (χ3v) is 4.66. The van der Waals surface area contributed by atoms with Crippen molar-refractivity contribution in [1.82, 2.24) is 0 Å². The summed E-state index contributed by atoms with van der Waals surface area (Å²) < 4.78 is 19.1. The van der Waals surface area contributed by atoms with Crippen LogP contribution in [0.25, 0.3) is 0 Å². The van der Waals surface area contributed by atoms with Crippen LogP contribution >= 0.6 is 11.8 Å². The Bertz CT molecular complexity index is 617. The fourth-order valence-electron chi connectivity index (χ4n) is 2.38. The predicted octanol–water partition coefficient (Wildman–Crippen LogP) is 4.07. The van der Waals surface area contributed by atoms with E-state index in [0.29, 0.717) is 5.92 Å². The molecule has 1 aliphatic rings. The summed E-state index contributed by atoms with van der Waals surface area (Å²) >= 11 is 1.66. The molecule has 104 valence electrons. The summed E-state index contributed by atoms with van der Waals surface area (Å²) in [4.78, 5) is 0.917. The molecule has 3 rings (SSSR count). The Labute approximate surface area is 122 Å². The molecule has 0 radical (unpaired) electrons. The molecule has 1 atom stereocenters. The lowest BCUT2D eigenvalue weighted by Crippen LogP contribution is -2.15. The van der Waals surface area contributed by atoms with Crippen molar-refractivity contribution in [2.24, 2.45) is 0 Å². The summed E-state index contributed by atoms with van der Waals surface area (Å²) in [6.45, 7) is 0.748. The number of fused-ring (bicyclic) bond motifs is 1. The van der Waals surface area contributed by atoms with E-state index in [1.807, 2.05) is 24.3 Å². The van der Waals surface area contributed by atoms with Gasteiger partial charge in [0, 0.05) is 16.6 Å². The number of rotatable bonds is 3. The summed E-state index contributed by atoms with van der Waals surface area (Å²) in [5.41, 5.74) is 6.94. The smallest absolute Gasteiger partial charge is 0.147 e. The fourth-order valence-corrected chi connectivity index (χ4v) is 3.47. The normalized spacial score (nSPS) is 17.4. The second-order valence-corrected chi connectivity index (χ2v) is 5.96. The van der Waals surface area contributed by atoms with Crippen molar-refractivity contribution in [2.75, 3.05) is 18.1 Å². The van der Waals surface area contributed by atoms with E-state index in [1.54, 1.807) is 17.8 Å². The van der Waals surface area contributed by atoms with Crippen molar-refractivity contribution >= 4 is 17.4 Å². The average Bonchev–Trinajstić information content (AvgIpc) is 2.48. The number of hydrogen-bond donors (Lipinski definition) is 1. The van der Waals surface area contributed by atoms with E-state index in [2.05, 4.69) is 6.07 Å². The van der Waals surface area contributed by atoms with Gasteiger partial charge in [0.25, 0.3) is 0 Å². The Hall–Kier alpha value is -1.68. The van der Waals surface area contributed by atoms with Crippen LogP contribution in [0.5, 0.6) is 5.75 Å². The molecule has 2 N–H and O–H groups in total. The number of hydrogen-bond acceptors (Lipinski definition) is 3. The van der Waals surface area contributed by atoms with Gasteiger partial charge in [0.15, 0.2) is 0 Å². The highest BCUT2D eigenvalue weighted by Gasteiger charge is 2.21. The van der Waals surface area contributed by atoms with Crippen LogP contribution < -0.4 is 10.5 Å². The fraction of sp³-hybridized carbons (Fsp3) is 0.250. The quantitative estimate of drug-likeness (QED) is 0.683. The van der Waals surface area contributed by atoms with E-state index >= 15 is 0 Å². The minimum absolute atomic E-state index is 0.200. The summed E-state index contributed by atoms with van der Waals surface area (Å²) in [6, 6.07) is 13.1. The largest absolute Gasteiger partial charge is 0.493 e. The minimum Gasteiger partial charge on any atom is -0.493 e. The van der Waals surface area contributed by atoms with Gasteiger partial charge in [-0.25, -0.2) is 4.39 Å². The van der Waals surface area contributed by atoms with Crippen molar-refractivity contribution < 1.29 is 9.13 Å². The molecule has 4 heteroatoms. The van der Waals surface area contributed by atoms with Crippen LogP contribution in [-0.4, -0.2) is 12.4 Å². The van der Waals surface area contributed by atoms with Crippen LogP contribution in [0.1, 0.15) is 17.9 Å². The van der Waals surface area contributed by atoms with Gasteiger partial charge in [0.2, 0.25) is 0 Å². The maximum absolute atomic E-state index is 13.4. The number of nitrogens with two attached hydrogens (primary N) is 1. The first-order chi connectivity index (χ1) is 9.74. The Balaban J connectivity index is 1.71. The SMILES string of the molecule is Nc1ccc(SCC2CCOc3ccccc32)cc1F. The van der Waals surface area contributed by atoms with Gasteiger partial charge in [-0.1, -0.05) is 18.2 Å². The maximum Gasteiger partial charge on any atom is 0.147 e. The van der Waals surface area contributed by atoms with Gasteiger partial charge in [-0.2, -0.15) is 0 Å². The highest BCUT2D eigenvalue weighted by Crippen LogP contribution is 2.37. The highest BCUT2D eigenvalue weighted by molar-refractivity contribution is 7.99. The number of para-hydroxylation sites is 1. The number of benzene rings is 2. The van der Waals surface area contributed by atoms with E-state index in [1.165, 1.54) is 11.6 Å². The first kappa shape index (κ1) is 13.3. The molecule has 0 spiro atoms. The molecule has 0 bridgehead atoms. The molecule has 20 heavy (non-hydrogen) atoms. The zero-order valence-electron chi connectivity index (χ0n) is 11.0. The lowest BCUT2D eigenvalue weighted by atomic mass is 9.95. The standard InChI is InChI=1S/C16H16FNOS/c17-14-9-12(5-6-15(14)18)20-10-11-7-8-19-16-4-2-1-3-13(11)16/h1-6,9,11H,7-8,10,18H2. The molecule has 0 aliphatic carbocycles. The number of ether oxygens (including phenoxy) is 1. The van der Waals surface area contributed by atoms with Crippen molar-refractivity contribution in [3.8, 4) is 5.75 Å². The van der Waals surface area contributed by atoms with E-state index < -0.39 is 0 Å². The molecule has 1 aliphatic heterocycles. The van der Waals surface area contributed by atoms with Crippen molar-refractivity contribution in [3.05, 3.63) is 53.8 Å². The molecule has 0 aromatic heterocycles. The zero-order chi connectivity index (χ0) is 13.9. The monoisotopic (exact) mass is 289 g/mol. The molecule has 2 nitrogen and oxygen atoms in total. The molecule has 1 heterocycles. The van der Waals surface area contributed by atoms with Crippen molar-refractivity contribution in [1.29, 1.82) is 0 Å². The molecule has 2 aromatic carbocycles. The van der Waals surface area contributed by atoms with Crippen LogP contribution in [0, 0.1) is 5.82 Å². The van der Waals surface area contributed by atoms with Gasteiger partial charge in [0.05, 0.1) is 12.3 Å². The zero-order valence-corrected chi connectivity index (χ0v) is 11.8. The second-order valence-electron chi connectivity index (χ2n) is 4.87. The highest BCUT2D eigenvalue weighted by atomic mass is 32.2. The van der Waals surface area contributed by atoms with Crippen molar-refractivity contribution in [3.63, 3.8) is 0 Å². The van der Waals surface area contributed by atoms with Gasteiger partial charge in [-0.05, 0) is 36.2 Å². The van der Waals surface area contributed by atoms with Gasteiger partial charge < -0.3 is 10.5 Å². The summed E-state index contributed by atoms with van der Waals surface area (Å²) in [7, 11) is 0. The molecular formula is C16H16FNOS. The molecule has 1 unspecified atom stereocenters. The van der Waals surface area contributed by atoms with Crippen LogP contribution in [0.15, 0.2) is 47.4 Å². The Morgan fingerprint density at radius 1 is 1.25 bits per heavy atom. The summed E-state index contributed by atoms with van der Waals surface area (Å²) in [6.07, 6.45) is 1.00. The first-order valence-corrected chi connectivity index (χ1v) is 7.62. The summed E-state index contributed by atoms with van der Waals surface area (Å²) in [5, 5.41) is 0. The minimum atomic E-state index is -0.345. The number of thioether (sulfide) groups is 1. The third kappa shape index (κ3) is 2.75.